The highest BCUT2D eigenvalue weighted by Gasteiger charge is 2.26. The van der Waals surface area contributed by atoms with Crippen molar-refractivity contribution in [3.8, 4) is 0 Å². The van der Waals surface area contributed by atoms with Crippen LogP contribution in [0.4, 0.5) is 0 Å². The number of carbonyl (C=O) groups excluding carboxylic acids is 1. The summed E-state index contributed by atoms with van der Waals surface area (Å²) < 4.78 is 38.2. The molecule has 0 unspecified atom stereocenters. The Morgan fingerprint density at radius 3 is 2.52 bits per heavy atom. The average molecular weight is 468 g/mol. The van der Waals surface area contributed by atoms with Crippen LogP contribution in [0.15, 0.2) is 56.6 Å². The zero-order valence-electron chi connectivity index (χ0n) is 18.2. The number of aryl methyl sites for hydroxylation is 2. The molecule has 7 nitrogen and oxygen atoms in total. The first-order valence-electron chi connectivity index (χ1n) is 11.3. The molecule has 0 atom stereocenters. The van der Waals surface area contributed by atoms with Crippen LogP contribution >= 0.6 is 0 Å². The fraction of sp³-hybridized carbons (Fsp3) is 0.360. The van der Waals surface area contributed by atoms with E-state index in [0.717, 1.165) is 43.9 Å². The number of rotatable bonds is 5. The molecule has 0 bridgehead atoms. The van der Waals surface area contributed by atoms with Crippen LogP contribution in [-0.2, 0) is 34.2 Å². The SMILES string of the molecule is O=C(OCc1cc(=O)oc2cc3c(cc12)CCC3)c1cccc(S(=O)(=O)N2CCCCC2)c1. The van der Waals surface area contributed by atoms with Crippen LogP contribution in [0, 0.1) is 0 Å². The second-order valence-electron chi connectivity index (χ2n) is 8.63. The zero-order valence-corrected chi connectivity index (χ0v) is 19.0. The van der Waals surface area contributed by atoms with E-state index in [0.29, 0.717) is 24.2 Å². The maximum absolute atomic E-state index is 12.9. The number of piperidine rings is 1. The van der Waals surface area contributed by atoms with Crippen LogP contribution in [0.5, 0.6) is 0 Å². The maximum atomic E-state index is 12.9. The van der Waals surface area contributed by atoms with E-state index in [1.165, 1.54) is 39.7 Å². The fourth-order valence-electron chi connectivity index (χ4n) is 4.68. The summed E-state index contributed by atoms with van der Waals surface area (Å²) in [5.41, 5.74) is 3.12. The minimum absolute atomic E-state index is 0.0835. The van der Waals surface area contributed by atoms with Gasteiger partial charge in [-0.1, -0.05) is 12.5 Å². The number of nitrogens with zero attached hydrogens (tertiary/aromatic N) is 1. The van der Waals surface area contributed by atoms with Crippen LogP contribution in [0.3, 0.4) is 0 Å². The quantitative estimate of drug-likeness (QED) is 0.418. The number of esters is 1. The summed E-state index contributed by atoms with van der Waals surface area (Å²) in [4.78, 5) is 24.9. The van der Waals surface area contributed by atoms with E-state index in [9.17, 15) is 18.0 Å². The highest BCUT2D eigenvalue weighted by molar-refractivity contribution is 7.89. The van der Waals surface area contributed by atoms with Gasteiger partial charge in [-0.25, -0.2) is 18.0 Å². The van der Waals surface area contributed by atoms with E-state index in [1.807, 2.05) is 12.1 Å². The number of hydrogen-bond donors (Lipinski definition) is 0. The smallest absolute Gasteiger partial charge is 0.338 e. The summed E-state index contributed by atoms with van der Waals surface area (Å²) in [5.74, 6) is -0.645. The summed E-state index contributed by atoms with van der Waals surface area (Å²) in [7, 11) is -3.65. The first kappa shape index (κ1) is 21.9. The van der Waals surface area contributed by atoms with Gasteiger partial charge in [0.25, 0.3) is 0 Å². The molecule has 2 heterocycles. The minimum atomic E-state index is -3.65. The molecule has 2 aromatic carbocycles. The number of carbonyl (C=O) groups is 1. The Bertz CT molecular complexity index is 1390. The number of hydrogen-bond acceptors (Lipinski definition) is 6. The predicted molar refractivity (Wildman–Crippen MR) is 123 cm³/mol. The molecule has 1 fully saturated rings. The lowest BCUT2D eigenvalue weighted by Crippen LogP contribution is -2.35. The van der Waals surface area contributed by atoms with Crippen molar-refractivity contribution in [3.63, 3.8) is 0 Å². The van der Waals surface area contributed by atoms with Crippen molar-refractivity contribution < 1.29 is 22.4 Å². The molecule has 1 aliphatic heterocycles. The molecule has 0 amide bonds. The Hall–Kier alpha value is -2.97. The number of sulfonamides is 1. The van der Waals surface area contributed by atoms with Gasteiger partial charge in [0.15, 0.2) is 0 Å². The van der Waals surface area contributed by atoms with Crippen molar-refractivity contribution in [1.29, 1.82) is 0 Å². The molecule has 2 aliphatic rings. The average Bonchev–Trinajstić information content (AvgIpc) is 3.29. The molecule has 3 aromatic rings. The van der Waals surface area contributed by atoms with Gasteiger partial charge in [0.2, 0.25) is 10.0 Å². The highest BCUT2D eigenvalue weighted by Crippen LogP contribution is 2.29. The Labute approximate surface area is 192 Å². The Balaban J connectivity index is 1.37. The van der Waals surface area contributed by atoms with Crippen molar-refractivity contribution >= 4 is 27.0 Å². The van der Waals surface area contributed by atoms with Crippen LogP contribution in [-0.4, -0.2) is 31.8 Å². The molecule has 1 aliphatic carbocycles. The maximum Gasteiger partial charge on any atom is 0.338 e. The Morgan fingerprint density at radius 1 is 0.970 bits per heavy atom. The van der Waals surface area contributed by atoms with Gasteiger partial charge in [-0.15, -0.1) is 0 Å². The molecule has 172 valence electrons. The molecule has 33 heavy (non-hydrogen) atoms. The van der Waals surface area contributed by atoms with E-state index in [2.05, 4.69) is 0 Å². The molecule has 0 spiro atoms. The Morgan fingerprint density at radius 2 is 1.73 bits per heavy atom. The van der Waals surface area contributed by atoms with Crippen molar-refractivity contribution in [2.45, 2.75) is 50.0 Å². The first-order chi connectivity index (χ1) is 15.9. The van der Waals surface area contributed by atoms with Crippen LogP contribution in [0.25, 0.3) is 11.0 Å². The molecule has 1 aromatic heterocycles. The summed E-state index contributed by atoms with van der Waals surface area (Å²) in [6.07, 6.45) is 5.70. The zero-order chi connectivity index (χ0) is 23.0. The highest BCUT2D eigenvalue weighted by atomic mass is 32.2. The summed E-state index contributed by atoms with van der Waals surface area (Å²) >= 11 is 0. The van der Waals surface area contributed by atoms with E-state index in [1.54, 1.807) is 6.07 Å². The lowest BCUT2D eigenvalue weighted by molar-refractivity contribution is 0.0473. The van der Waals surface area contributed by atoms with Crippen LogP contribution in [0.1, 0.15) is 52.7 Å². The van der Waals surface area contributed by atoms with Crippen LogP contribution in [0.2, 0.25) is 0 Å². The molecule has 8 heteroatoms. The summed E-state index contributed by atoms with van der Waals surface area (Å²) in [6.45, 7) is 0.873. The lowest BCUT2D eigenvalue weighted by atomic mass is 10.0. The van der Waals surface area contributed by atoms with E-state index in [4.69, 9.17) is 9.15 Å². The van der Waals surface area contributed by atoms with E-state index >= 15 is 0 Å². The number of benzene rings is 2. The van der Waals surface area contributed by atoms with Gasteiger partial charge in [-0.2, -0.15) is 4.31 Å². The molecular formula is C25H25NO6S. The third-order valence-electron chi connectivity index (χ3n) is 6.42. The van der Waals surface area contributed by atoms with E-state index in [-0.39, 0.29) is 17.1 Å². The standard InChI is InChI=1S/C25H25NO6S/c27-24-15-20(22-13-17-6-4-7-18(17)14-23(22)32-24)16-31-25(28)19-8-5-9-21(12-19)33(29,30)26-10-2-1-3-11-26/h5,8-9,12-15H,1-4,6-7,10-11,16H2. The molecule has 5 rings (SSSR count). The largest absolute Gasteiger partial charge is 0.457 e. The molecule has 1 saturated heterocycles. The van der Waals surface area contributed by atoms with Crippen LogP contribution < -0.4 is 5.63 Å². The minimum Gasteiger partial charge on any atom is -0.457 e. The van der Waals surface area contributed by atoms with Crippen molar-refractivity contribution in [2.75, 3.05) is 13.1 Å². The second-order valence-corrected chi connectivity index (χ2v) is 10.6. The summed E-state index contributed by atoms with van der Waals surface area (Å²) in [5, 5.41) is 0.754. The second kappa shape index (κ2) is 8.76. The van der Waals surface area contributed by atoms with Crippen molar-refractivity contribution in [3.05, 3.63) is 75.1 Å². The van der Waals surface area contributed by atoms with Gasteiger partial charge < -0.3 is 9.15 Å². The lowest BCUT2D eigenvalue weighted by Gasteiger charge is -2.25. The van der Waals surface area contributed by atoms with Gasteiger partial charge in [-0.3, -0.25) is 0 Å². The monoisotopic (exact) mass is 467 g/mol. The van der Waals surface area contributed by atoms with Gasteiger partial charge >= 0.3 is 11.6 Å². The number of fused-ring (bicyclic) bond motifs is 2. The van der Waals surface area contributed by atoms with Gasteiger partial charge in [0, 0.05) is 30.1 Å². The number of ether oxygens (including phenoxy) is 1. The third kappa shape index (κ3) is 4.32. The molecule has 0 radical (unpaired) electrons. The normalized spacial score (nSPS) is 16.6. The Kier molecular flexibility index (Phi) is 5.80. The third-order valence-corrected chi connectivity index (χ3v) is 8.32. The van der Waals surface area contributed by atoms with Gasteiger partial charge in [-0.05, 0) is 73.6 Å². The molecular weight excluding hydrogens is 442 g/mol. The summed E-state index contributed by atoms with van der Waals surface area (Å²) in [6, 6.07) is 11.2. The molecule has 0 saturated carbocycles. The van der Waals surface area contributed by atoms with Crippen molar-refractivity contribution in [1.82, 2.24) is 4.31 Å². The van der Waals surface area contributed by atoms with Crippen molar-refractivity contribution in [2.24, 2.45) is 0 Å². The van der Waals surface area contributed by atoms with E-state index < -0.39 is 21.6 Å². The van der Waals surface area contributed by atoms with Gasteiger partial charge in [0.1, 0.15) is 12.2 Å². The fourth-order valence-corrected chi connectivity index (χ4v) is 6.24. The molecule has 0 N–H and O–H groups in total. The topological polar surface area (TPSA) is 93.9 Å². The first-order valence-corrected chi connectivity index (χ1v) is 12.7. The predicted octanol–water partition coefficient (Wildman–Crippen LogP) is 3.81. The van der Waals surface area contributed by atoms with Gasteiger partial charge in [0.05, 0.1) is 10.5 Å².